The maximum Gasteiger partial charge on any atom is 0.159 e. The minimum Gasteiger partial charge on any atom is -0.295 e. The predicted octanol–water partition coefficient (Wildman–Crippen LogP) is 3.74. The molecule has 80 valence electrons. The molecule has 0 radical (unpaired) electrons. The minimum absolute atomic E-state index is 0.170. The summed E-state index contributed by atoms with van der Waals surface area (Å²) in [6, 6.07) is 0. The lowest BCUT2D eigenvalue weighted by atomic mass is 10.2. The second-order valence-electron chi connectivity index (χ2n) is 3.56. The van der Waals surface area contributed by atoms with Gasteiger partial charge in [0, 0.05) is 6.42 Å². The van der Waals surface area contributed by atoms with Gasteiger partial charge in [0.1, 0.15) is 0 Å². The first-order chi connectivity index (χ1) is 7.39. The molecule has 0 N–H and O–H groups in total. The molecule has 0 heterocycles. The second-order valence-corrected chi connectivity index (χ2v) is 3.56. The molecular formula is C14H18O. The van der Waals surface area contributed by atoms with Crippen LogP contribution in [0.15, 0.2) is 48.6 Å². The fraction of sp³-hybridized carbons (Fsp3) is 0.357. The summed E-state index contributed by atoms with van der Waals surface area (Å²) in [4.78, 5) is 11.3. The van der Waals surface area contributed by atoms with Crippen molar-refractivity contribution in [1.82, 2.24) is 0 Å². The van der Waals surface area contributed by atoms with Crippen LogP contribution >= 0.6 is 0 Å². The zero-order valence-electron chi connectivity index (χ0n) is 9.06. The summed E-state index contributed by atoms with van der Waals surface area (Å²) >= 11 is 0. The van der Waals surface area contributed by atoms with E-state index in [4.69, 9.17) is 0 Å². The van der Waals surface area contributed by atoms with Crippen molar-refractivity contribution in [1.29, 1.82) is 0 Å². The first kappa shape index (κ1) is 11.7. The molecule has 0 amide bonds. The van der Waals surface area contributed by atoms with Gasteiger partial charge in [-0.1, -0.05) is 42.5 Å². The molecule has 0 aromatic rings. The summed E-state index contributed by atoms with van der Waals surface area (Å²) in [6.45, 7) is 0. The van der Waals surface area contributed by atoms with Gasteiger partial charge in [-0.15, -0.1) is 0 Å². The van der Waals surface area contributed by atoms with Crippen LogP contribution in [0.1, 0.15) is 32.1 Å². The Hall–Kier alpha value is -1.37. The van der Waals surface area contributed by atoms with E-state index in [1.165, 1.54) is 0 Å². The van der Waals surface area contributed by atoms with E-state index in [2.05, 4.69) is 24.3 Å². The monoisotopic (exact) mass is 202 g/mol. The Morgan fingerprint density at radius 3 is 2.07 bits per heavy atom. The molecule has 0 atom stereocenters. The second kappa shape index (κ2) is 7.98. The number of carbonyl (C=O) groups is 1. The van der Waals surface area contributed by atoms with Crippen LogP contribution in [0.5, 0.6) is 0 Å². The highest BCUT2D eigenvalue weighted by atomic mass is 16.1. The van der Waals surface area contributed by atoms with Gasteiger partial charge in [-0.3, -0.25) is 4.79 Å². The van der Waals surface area contributed by atoms with E-state index < -0.39 is 0 Å². The van der Waals surface area contributed by atoms with E-state index in [1.807, 2.05) is 18.2 Å². The van der Waals surface area contributed by atoms with Crippen LogP contribution in [0, 0.1) is 0 Å². The third-order valence-corrected chi connectivity index (χ3v) is 2.18. The Labute approximate surface area is 91.9 Å². The fourth-order valence-electron chi connectivity index (χ4n) is 1.34. The Morgan fingerprint density at radius 1 is 0.733 bits per heavy atom. The van der Waals surface area contributed by atoms with Crippen molar-refractivity contribution in [3.8, 4) is 0 Å². The number of rotatable bonds is 0. The molecule has 0 spiro atoms. The van der Waals surface area contributed by atoms with Crippen LogP contribution in [0.25, 0.3) is 0 Å². The molecular weight excluding hydrogens is 184 g/mol. The number of carbonyl (C=O) groups excluding carboxylic acids is 1. The first-order valence-corrected chi connectivity index (χ1v) is 5.55. The van der Waals surface area contributed by atoms with Gasteiger partial charge in [0.05, 0.1) is 0 Å². The summed E-state index contributed by atoms with van der Waals surface area (Å²) in [5.74, 6) is 0.170. The van der Waals surface area contributed by atoms with Crippen molar-refractivity contribution in [2.24, 2.45) is 0 Å². The van der Waals surface area contributed by atoms with Gasteiger partial charge in [0.25, 0.3) is 0 Å². The van der Waals surface area contributed by atoms with Crippen LogP contribution in [-0.4, -0.2) is 5.78 Å². The van der Waals surface area contributed by atoms with Crippen molar-refractivity contribution in [2.75, 3.05) is 0 Å². The number of allylic oxidation sites excluding steroid dienone is 8. The Bertz CT molecular complexity index is 292. The van der Waals surface area contributed by atoms with Gasteiger partial charge in [-0.25, -0.2) is 0 Å². The van der Waals surface area contributed by atoms with Crippen molar-refractivity contribution in [2.45, 2.75) is 32.1 Å². The Balaban J connectivity index is 2.48. The Morgan fingerprint density at radius 2 is 1.33 bits per heavy atom. The maximum atomic E-state index is 11.3. The lowest BCUT2D eigenvalue weighted by Crippen LogP contribution is -1.88. The van der Waals surface area contributed by atoms with Crippen molar-refractivity contribution >= 4 is 5.78 Å². The summed E-state index contributed by atoms with van der Waals surface area (Å²) in [5.41, 5.74) is 0. The van der Waals surface area contributed by atoms with Crippen LogP contribution in [0.3, 0.4) is 0 Å². The molecule has 1 nitrogen and oxygen atoms in total. The zero-order valence-corrected chi connectivity index (χ0v) is 9.06. The predicted molar refractivity (Wildman–Crippen MR) is 64.7 cm³/mol. The van der Waals surface area contributed by atoms with Gasteiger partial charge in [-0.05, 0) is 31.8 Å². The van der Waals surface area contributed by atoms with Gasteiger partial charge in [0.15, 0.2) is 5.78 Å². The van der Waals surface area contributed by atoms with E-state index in [0.717, 1.165) is 25.7 Å². The Kier molecular flexibility index (Phi) is 6.23. The molecule has 1 aliphatic rings. The van der Waals surface area contributed by atoms with Crippen LogP contribution in [0.2, 0.25) is 0 Å². The summed E-state index contributed by atoms with van der Waals surface area (Å²) < 4.78 is 0. The smallest absolute Gasteiger partial charge is 0.159 e. The van der Waals surface area contributed by atoms with Gasteiger partial charge in [-0.2, -0.15) is 0 Å². The van der Waals surface area contributed by atoms with Gasteiger partial charge < -0.3 is 0 Å². The van der Waals surface area contributed by atoms with Crippen LogP contribution in [0.4, 0.5) is 0 Å². The SMILES string of the molecule is O=C1C=CC=CCCC=CCCC=CC1. The van der Waals surface area contributed by atoms with E-state index in [1.54, 1.807) is 6.08 Å². The topological polar surface area (TPSA) is 17.1 Å². The zero-order chi connectivity index (χ0) is 10.8. The van der Waals surface area contributed by atoms with Gasteiger partial charge >= 0.3 is 0 Å². The molecule has 15 heavy (non-hydrogen) atoms. The normalized spacial score (nSPS) is 19.1. The van der Waals surface area contributed by atoms with Crippen molar-refractivity contribution in [3.05, 3.63) is 48.6 Å². The van der Waals surface area contributed by atoms with E-state index in [0.29, 0.717) is 6.42 Å². The fourth-order valence-corrected chi connectivity index (χ4v) is 1.34. The van der Waals surface area contributed by atoms with Crippen LogP contribution in [-0.2, 0) is 4.79 Å². The van der Waals surface area contributed by atoms with E-state index in [9.17, 15) is 4.79 Å². The quantitative estimate of drug-likeness (QED) is 0.547. The number of ketones is 1. The lowest BCUT2D eigenvalue weighted by molar-refractivity contribution is -0.113. The molecule has 0 bridgehead atoms. The third-order valence-electron chi connectivity index (χ3n) is 2.18. The summed E-state index contributed by atoms with van der Waals surface area (Å²) in [5, 5.41) is 0. The minimum atomic E-state index is 0.170. The highest BCUT2D eigenvalue weighted by Crippen LogP contribution is 2.00. The lowest BCUT2D eigenvalue weighted by Gasteiger charge is -1.91. The van der Waals surface area contributed by atoms with E-state index >= 15 is 0 Å². The molecule has 0 saturated carbocycles. The molecule has 0 aromatic heterocycles. The molecule has 1 rings (SSSR count). The average Bonchev–Trinajstić information content (AvgIpc) is 2.24. The van der Waals surface area contributed by atoms with Crippen molar-refractivity contribution in [3.63, 3.8) is 0 Å². The third kappa shape index (κ3) is 6.67. The number of hydrogen-bond acceptors (Lipinski definition) is 1. The molecule has 0 unspecified atom stereocenters. The standard InChI is InChI=1S/C14H18O/c15-14-12-10-8-6-4-2-1-3-5-7-9-11-13-14/h1-2,7-11,13H,3-6,12H2. The summed E-state index contributed by atoms with van der Waals surface area (Å²) in [6.07, 6.45) is 20.7. The van der Waals surface area contributed by atoms with Crippen LogP contribution < -0.4 is 0 Å². The molecule has 0 saturated heterocycles. The molecule has 0 aromatic carbocycles. The highest BCUT2D eigenvalue weighted by molar-refractivity contribution is 5.90. The summed E-state index contributed by atoms with van der Waals surface area (Å²) in [7, 11) is 0. The number of hydrogen-bond donors (Lipinski definition) is 0. The average molecular weight is 202 g/mol. The largest absolute Gasteiger partial charge is 0.295 e. The molecule has 0 aliphatic heterocycles. The molecule has 1 aliphatic carbocycles. The maximum absolute atomic E-state index is 11.3. The molecule has 1 heteroatoms. The highest BCUT2D eigenvalue weighted by Gasteiger charge is 1.90. The van der Waals surface area contributed by atoms with E-state index in [-0.39, 0.29) is 5.78 Å². The van der Waals surface area contributed by atoms with Crippen molar-refractivity contribution < 1.29 is 4.79 Å². The van der Waals surface area contributed by atoms with Gasteiger partial charge in [0.2, 0.25) is 0 Å². The molecule has 0 fully saturated rings. The first-order valence-electron chi connectivity index (χ1n) is 5.55.